The average molecular weight is 241 g/mol. The zero-order valence-electron chi connectivity index (χ0n) is 6.99. The molecule has 0 atom stereocenters. The molecule has 0 N–H and O–H groups in total. The lowest BCUT2D eigenvalue weighted by Gasteiger charge is -2.08. The molecule has 0 aromatic rings. The topological polar surface area (TPSA) is 0 Å². The Kier molecular flexibility index (Phi) is 6.28. The molecule has 0 aliphatic heterocycles. The monoisotopic (exact) mass is 240 g/mol. The van der Waals surface area contributed by atoms with Crippen LogP contribution in [0.5, 0.6) is 0 Å². The molecule has 0 spiro atoms. The molecule has 0 nitrogen and oxygen atoms in total. The van der Waals surface area contributed by atoms with Crippen LogP contribution in [0.2, 0.25) is 0 Å². The molecule has 0 aliphatic rings. The molecule has 0 aromatic carbocycles. The predicted octanol–water partition coefficient (Wildman–Crippen LogP) is 4.43. The molecular weight excluding hydrogens is 231 g/mol. The van der Waals surface area contributed by atoms with Crippen LogP contribution in [0.4, 0.5) is 0 Å². The molecule has 0 bridgehead atoms. The first-order valence-electron chi connectivity index (χ1n) is 3.06. The maximum Gasteiger partial charge on any atom is 0.0498 e. The van der Waals surface area contributed by atoms with Crippen LogP contribution in [0.15, 0.2) is 33.0 Å². The summed E-state index contributed by atoms with van der Waals surface area (Å²) in [4.78, 5) is 0. The Morgan fingerprint density at radius 1 is 1.00 bits per heavy atom. The number of rotatable bonds is 4. The fourth-order valence-electron chi connectivity index (χ4n) is 0.656. The maximum atomic E-state index is 5.77. The summed E-state index contributed by atoms with van der Waals surface area (Å²) in [6.07, 6.45) is 3.93. The number of hydrogen-bond donors (Lipinski definition) is 0. The first kappa shape index (κ1) is 12.5. The van der Waals surface area contributed by atoms with Gasteiger partial charge in [-0.3, -0.25) is 0 Å². The summed E-state index contributed by atoms with van der Waals surface area (Å²) in [5, 5.41) is 0.877. The van der Waals surface area contributed by atoms with E-state index in [2.05, 4.69) is 13.2 Å². The van der Waals surface area contributed by atoms with Gasteiger partial charge in [0.25, 0.3) is 0 Å². The molecule has 0 saturated carbocycles. The fourth-order valence-corrected chi connectivity index (χ4v) is 2.91. The molecule has 0 amide bonds. The summed E-state index contributed by atoms with van der Waals surface area (Å²) >= 11 is 14.7. The molecule has 0 aliphatic carbocycles. The van der Waals surface area contributed by atoms with Crippen molar-refractivity contribution in [3.8, 4) is 0 Å². The lowest BCUT2D eigenvalue weighted by atomic mass is 10.3. The molecule has 0 aromatic heterocycles. The number of halogens is 2. The Hall–Kier alpha value is 0.500. The van der Waals surface area contributed by atoms with Gasteiger partial charge < -0.3 is 0 Å². The second kappa shape index (κ2) is 6.03. The second-order valence-corrected chi connectivity index (χ2v) is 4.68. The van der Waals surface area contributed by atoms with Gasteiger partial charge in [-0.05, 0) is 12.5 Å². The van der Waals surface area contributed by atoms with Gasteiger partial charge in [-0.2, -0.15) is 0 Å². The molecule has 0 fully saturated rings. The van der Waals surface area contributed by atoms with Crippen LogP contribution in [0.1, 0.15) is 0 Å². The average Bonchev–Trinajstić information content (AvgIpc) is 1.98. The number of thioether (sulfide) groups is 2. The van der Waals surface area contributed by atoms with Crippen LogP contribution in [-0.2, 0) is 0 Å². The smallest absolute Gasteiger partial charge is 0.0498 e. The summed E-state index contributed by atoms with van der Waals surface area (Å²) in [7, 11) is 0. The van der Waals surface area contributed by atoms with E-state index in [4.69, 9.17) is 23.2 Å². The second-order valence-electron chi connectivity index (χ2n) is 1.88. The van der Waals surface area contributed by atoms with E-state index in [1.807, 2.05) is 12.5 Å². The van der Waals surface area contributed by atoms with Crippen LogP contribution in [0.3, 0.4) is 0 Å². The van der Waals surface area contributed by atoms with E-state index in [1.54, 1.807) is 23.5 Å². The fraction of sp³-hybridized carbons (Fsp3) is 0.250. The molecule has 68 valence electrons. The summed E-state index contributed by atoms with van der Waals surface area (Å²) in [6, 6.07) is 0. The zero-order valence-corrected chi connectivity index (χ0v) is 10.1. The van der Waals surface area contributed by atoms with Crippen LogP contribution >= 0.6 is 46.7 Å². The highest BCUT2D eigenvalue weighted by Gasteiger charge is 2.09. The first-order valence-corrected chi connectivity index (χ1v) is 6.27. The van der Waals surface area contributed by atoms with E-state index in [9.17, 15) is 0 Å². The molecule has 0 unspecified atom stereocenters. The quantitative estimate of drug-likeness (QED) is 0.668. The minimum atomic E-state index is 0.439. The summed E-state index contributed by atoms with van der Waals surface area (Å²) in [5.41, 5.74) is 0.748. The van der Waals surface area contributed by atoms with Gasteiger partial charge in [-0.25, -0.2) is 0 Å². The van der Waals surface area contributed by atoms with Gasteiger partial charge in [-0.15, -0.1) is 23.5 Å². The lowest BCUT2D eigenvalue weighted by molar-refractivity contribution is 1.67. The largest absolute Gasteiger partial charge is 0.122 e. The van der Waals surface area contributed by atoms with E-state index < -0.39 is 0 Å². The van der Waals surface area contributed by atoms with Crippen LogP contribution in [0.25, 0.3) is 0 Å². The van der Waals surface area contributed by atoms with Crippen LogP contribution in [-0.4, -0.2) is 12.5 Å². The van der Waals surface area contributed by atoms with Gasteiger partial charge in [0.15, 0.2) is 0 Å². The van der Waals surface area contributed by atoms with Crippen LogP contribution in [0, 0.1) is 0 Å². The molecule has 0 saturated heterocycles. The third-order valence-corrected chi connectivity index (χ3v) is 3.65. The Bertz CT molecular complexity index is 209. The number of allylic oxidation sites excluding steroid dienone is 3. The van der Waals surface area contributed by atoms with E-state index in [0.717, 1.165) is 9.81 Å². The van der Waals surface area contributed by atoms with Crippen molar-refractivity contribution in [2.24, 2.45) is 0 Å². The summed E-state index contributed by atoms with van der Waals surface area (Å²) in [5.74, 6) is 0. The van der Waals surface area contributed by atoms with Crippen molar-refractivity contribution < 1.29 is 0 Å². The van der Waals surface area contributed by atoms with Crippen molar-refractivity contribution in [2.45, 2.75) is 0 Å². The highest BCUT2D eigenvalue weighted by atomic mass is 35.5. The molecule has 0 rings (SSSR count). The minimum absolute atomic E-state index is 0.439. The highest BCUT2D eigenvalue weighted by Crippen LogP contribution is 2.36. The van der Waals surface area contributed by atoms with Crippen LogP contribution < -0.4 is 0 Å². The molecule has 0 radical (unpaired) electrons. The normalized spacial score (nSPS) is 9.33. The van der Waals surface area contributed by atoms with Crippen molar-refractivity contribution in [3.05, 3.63) is 33.0 Å². The van der Waals surface area contributed by atoms with Gasteiger partial charge in [0.05, 0.1) is 0 Å². The van der Waals surface area contributed by atoms with Gasteiger partial charge in [-0.1, -0.05) is 36.4 Å². The van der Waals surface area contributed by atoms with E-state index >= 15 is 0 Å². The first-order chi connectivity index (χ1) is 5.54. The van der Waals surface area contributed by atoms with Crippen molar-refractivity contribution in [3.63, 3.8) is 0 Å². The maximum absolute atomic E-state index is 5.77. The molecule has 4 heteroatoms. The van der Waals surface area contributed by atoms with E-state index in [0.29, 0.717) is 10.1 Å². The summed E-state index contributed by atoms with van der Waals surface area (Å²) < 4.78 is 1.04. The molecule has 0 heterocycles. The predicted molar refractivity (Wildman–Crippen MR) is 64.0 cm³/mol. The van der Waals surface area contributed by atoms with E-state index in [1.165, 1.54) is 0 Å². The van der Waals surface area contributed by atoms with Crippen molar-refractivity contribution >= 4 is 46.7 Å². The van der Waals surface area contributed by atoms with E-state index in [-0.39, 0.29) is 0 Å². The van der Waals surface area contributed by atoms with Gasteiger partial charge in [0, 0.05) is 19.9 Å². The zero-order chi connectivity index (χ0) is 9.72. The summed E-state index contributed by atoms with van der Waals surface area (Å²) in [6.45, 7) is 7.26. The molecular formula is C8H10Cl2S2. The minimum Gasteiger partial charge on any atom is -0.122 e. The lowest BCUT2D eigenvalue weighted by Crippen LogP contribution is -1.85. The van der Waals surface area contributed by atoms with Gasteiger partial charge in [0.2, 0.25) is 0 Å². The SMILES string of the molecule is C=C(Cl)C(C(=C)Cl)=C(SC)SC. The third-order valence-electron chi connectivity index (χ3n) is 1.12. The number of hydrogen-bond acceptors (Lipinski definition) is 2. The third kappa shape index (κ3) is 3.48. The highest BCUT2D eigenvalue weighted by molar-refractivity contribution is 8.21. The van der Waals surface area contributed by atoms with Crippen molar-refractivity contribution in [2.75, 3.05) is 12.5 Å². The Balaban J connectivity index is 5.03. The molecule has 12 heavy (non-hydrogen) atoms. The Morgan fingerprint density at radius 3 is 1.42 bits per heavy atom. The van der Waals surface area contributed by atoms with Gasteiger partial charge in [0.1, 0.15) is 0 Å². The Morgan fingerprint density at radius 2 is 1.33 bits per heavy atom. The van der Waals surface area contributed by atoms with Gasteiger partial charge >= 0.3 is 0 Å². The Labute approximate surface area is 92.1 Å². The standard InChI is InChI=1S/C8H10Cl2S2/c1-5(9)7(6(2)10)8(11-3)12-4/h1-2H2,3-4H3. The van der Waals surface area contributed by atoms with Crippen molar-refractivity contribution in [1.29, 1.82) is 0 Å². The van der Waals surface area contributed by atoms with Crippen molar-refractivity contribution in [1.82, 2.24) is 0 Å².